The lowest BCUT2D eigenvalue weighted by Crippen LogP contribution is -2.45. The van der Waals surface area contributed by atoms with Gasteiger partial charge in [0.05, 0.1) is 6.67 Å². The van der Waals surface area contributed by atoms with Gasteiger partial charge in [0, 0.05) is 26.0 Å². The Labute approximate surface area is 154 Å². The van der Waals surface area contributed by atoms with Crippen LogP contribution in [0.5, 0.6) is 0 Å². The molecule has 0 bridgehead atoms. The molecule has 1 aliphatic rings. The van der Waals surface area contributed by atoms with Gasteiger partial charge in [0.25, 0.3) is 0 Å². The zero-order valence-corrected chi connectivity index (χ0v) is 16.1. The zero-order valence-electron chi connectivity index (χ0n) is 14.5. The molecule has 162 valence electrons. The van der Waals surface area contributed by atoms with Crippen molar-refractivity contribution in [3.05, 3.63) is 12.4 Å². The first-order chi connectivity index (χ1) is 12.0. The first-order valence-electron chi connectivity index (χ1n) is 7.57. The summed E-state index contributed by atoms with van der Waals surface area (Å²) in [6, 6.07) is 0. The molecule has 15 heteroatoms. The van der Waals surface area contributed by atoms with Gasteiger partial charge in [-0.3, -0.25) is 0 Å². The molecule has 0 aromatic heterocycles. The van der Waals surface area contributed by atoms with E-state index in [-0.39, 0.29) is 0 Å². The lowest BCUT2D eigenvalue weighted by Gasteiger charge is -2.17. The Morgan fingerprint density at radius 1 is 0.889 bits per heavy atom. The molecule has 0 spiro atoms. The molecule has 1 rings (SSSR count). The maximum absolute atomic E-state index is 11.5. The monoisotopic (exact) mass is 449 g/mol. The highest BCUT2D eigenvalue weighted by atomic mass is 32.3. The van der Waals surface area contributed by atoms with Gasteiger partial charge in [-0.15, -0.1) is 0 Å². The molecule has 0 fully saturated rings. The summed E-state index contributed by atoms with van der Waals surface area (Å²) < 4.78 is 108. The molecule has 0 saturated heterocycles. The zero-order chi connectivity index (χ0) is 21.5. The minimum Gasteiger partial charge on any atom is -0.362 e. The van der Waals surface area contributed by atoms with Crippen molar-refractivity contribution >= 4 is 20.0 Å². The number of unbranched alkanes of at least 4 members (excludes halogenated alkanes) is 3. The molecule has 1 aliphatic heterocycles. The third-order valence-electron chi connectivity index (χ3n) is 3.06. The van der Waals surface area contributed by atoms with Crippen molar-refractivity contribution in [1.82, 2.24) is 13.9 Å². The van der Waals surface area contributed by atoms with Gasteiger partial charge in [0.2, 0.25) is 0 Å². The van der Waals surface area contributed by atoms with Crippen LogP contribution in [0.2, 0.25) is 0 Å². The molecule has 0 saturated carbocycles. The van der Waals surface area contributed by atoms with Crippen LogP contribution < -0.4 is 4.13 Å². The summed E-state index contributed by atoms with van der Waals surface area (Å²) in [6.07, 6.45) is 9.76. The van der Waals surface area contributed by atoms with E-state index in [2.05, 4.69) is 36.2 Å². The topological polar surface area (TPSA) is 86.8 Å². The van der Waals surface area contributed by atoms with Crippen LogP contribution in [-0.4, -0.2) is 57.9 Å². The summed E-state index contributed by atoms with van der Waals surface area (Å²) in [4.78, 5) is 4.58. The minimum absolute atomic E-state index is 0.493. The molecule has 1 N–H and O–H groups in total. The number of nitrogens with zero attached hydrogens (tertiary/aromatic N) is 2. The molecule has 0 atom stereocenters. The SMILES string of the molecule is CCCCCCN1C=CN(C)C1.O=S(=O)(NS(=O)(=O)C(F)(F)F)C(F)(F)F. The van der Waals surface area contributed by atoms with Crippen LogP contribution in [-0.2, 0) is 20.0 Å². The quantitative estimate of drug-likeness (QED) is 0.475. The predicted octanol–water partition coefficient (Wildman–Crippen LogP) is 2.52. The van der Waals surface area contributed by atoms with Gasteiger partial charge in [0.15, 0.2) is 0 Å². The van der Waals surface area contributed by atoms with E-state index in [0.29, 0.717) is 0 Å². The van der Waals surface area contributed by atoms with E-state index in [4.69, 9.17) is 0 Å². The second-order valence-corrected chi connectivity index (χ2v) is 9.16. The molecular formula is C12H21F6N3O4S2. The second kappa shape index (κ2) is 9.82. The number of hydrogen-bond donors (Lipinski definition) is 1. The van der Waals surface area contributed by atoms with Gasteiger partial charge >= 0.3 is 31.1 Å². The Morgan fingerprint density at radius 2 is 1.37 bits per heavy atom. The summed E-state index contributed by atoms with van der Waals surface area (Å²) in [6.45, 7) is 4.55. The lowest BCUT2D eigenvalue weighted by molar-refractivity contribution is -0.0476. The predicted molar refractivity (Wildman–Crippen MR) is 85.7 cm³/mol. The Hall–Kier alpha value is -1.22. The highest BCUT2D eigenvalue weighted by Crippen LogP contribution is 2.27. The number of alkyl halides is 6. The molecule has 7 nitrogen and oxygen atoms in total. The van der Waals surface area contributed by atoms with Crippen molar-refractivity contribution in [2.75, 3.05) is 20.3 Å². The van der Waals surface area contributed by atoms with Crippen LogP contribution >= 0.6 is 0 Å². The average Bonchev–Trinajstić information content (AvgIpc) is 2.86. The van der Waals surface area contributed by atoms with Crippen molar-refractivity contribution in [2.45, 2.75) is 43.6 Å². The molecule has 0 aromatic rings. The third-order valence-corrected chi connectivity index (χ3v) is 6.04. The van der Waals surface area contributed by atoms with E-state index >= 15 is 0 Å². The molecule has 0 unspecified atom stereocenters. The van der Waals surface area contributed by atoms with E-state index in [9.17, 15) is 43.2 Å². The number of hydrogen-bond acceptors (Lipinski definition) is 6. The largest absolute Gasteiger partial charge is 0.512 e. The van der Waals surface area contributed by atoms with E-state index in [1.165, 1.54) is 32.2 Å². The molecule has 0 aliphatic carbocycles. The minimum atomic E-state index is -6.60. The van der Waals surface area contributed by atoms with Crippen molar-refractivity contribution in [1.29, 1.82) is 0 Å². The molecule has 0 amide bonds. The summed E-state index contributed by atoms with van der Waals surface area (Å²) in [5.74, 6) is 0. The van der Waals surface area contributed by atoms with Gasteiger partial charge < -0.3 is 9.80 Å². The standard InChI is InChI=1S/C10H20N2.C2HF6NO4S2/c1-3-4-5-6-7-12-9-8-11(2)10-12;3-1(4,5)14(10,11)9-15(12,13)2(6,7)8/h8-9H,3-7,10H2,1-2H3;9H. The lowest BCUT2D eigenvalue weighted by atomic mass is 10.2. The number of nitrogens with one attached hydrogen (secondary N) is 1. The van der Waals surface area contributed by atoms with Gasteiger partial charge in [-0.25, -0.2) is 16.8 Å². The van der Waals surface area contributed by atoms with Crippen molar-refractivity contribution in [3.63, 3.8) is 0 Å². The van der Waals surface area contributed by atoms with Crippen molar-refractivity contribution in [2.24, 2.45) is 0 Å². The van der Waals surface area contributed by atoms with Gasteiger partial charge in [-0.1, -0.05) is 30.3 Å². The summed E-state index contributed by atoms with van der Waals surface area (Å²) in [5, 5.41) is 0. The van der Waals surface area contributed by atoms with Crippen LogP contribution in [0.15, 0.2) is 12.4 Å². The highest BCUT2D eigenvalue weighted by Gasteiger charge is 2.55. The first kappa shape index (κ1) is 25.8. The fourth-order valence-corrected chi connectivity index (χ4v) is 3.63. The Kier molecular flexibility index (Phi) is 9.37. The molecule has 0 aromatic carbocycles. The molecular weight excluding hydrogens is 428 g/mol. The van der Waals surface area contributed by atoms with E-state index in [0.717, 1.165) is 6.67 Å². The fourth-order valence-electron chi connectivity index (χ4n) is 1.71. The van der Waals surface area contributed by atoms with E-state index < -0.39 is 35.2 Å². The molecule has 1 heterocycles. The third kappa shape index (κ3) is 9.01. The first-order valence-corrected chi connectivity index (χ1v) is 10.5. The molecule has 0 radical (unpaired) electrons. The Balaban J connectivity index is 0.000000511. The van der Waals surface area contributed by atoms with E-state index in [1.807, 2.05) is 0 Å². The smallest absolute Gasteiger partial charge is 0.362 e. The van der Waals surface area contributed by atoms with Crippen LogP contribution in [0, 0.1) is 0 Å². The second-order valence-electron chi connectivity index (χ2n) is 5.55. The maximum atomic E-state index is 11.5. The van der Waals surface area contributed by atoms with Crippen LogP contribution in [0.4, 0.5) is 26.3 Å². The summed E-state index contributed by atoms with van der Waals surface area (Å²) >= 11 is 0. The number of rotatable bonds is 7. The van der Waals surface area contributed by atoms with Gasteiger partial charge in [0.1, 0.15) is 0 Å². The highest BCUT2D eigenvalue weighted by molar-refractivity contribution is 8.05. The Morgan fingerprint density at radius 3 is 1.70 bits per heavy atom. The summed E-state index contributed by atoms with van der Waals surface area (Å²) in [7, 11) is -11.1. The van der Waals surface area contributed by atoms with E-state index in [1.54, 1.807) is 0 Å². The fraction of sp³-hybridized carbons (Fsp3) is 0.833. The van der Waals surface area contributed by atoms with Gasteiger partial charge in [-0.2, -0.15) is 26.3 Å². The van der Waals surface area contributed by atoms with Crippen molar-refractivity contribution in [3.8, 4) is 0 Å². The van der Waals surface area contributed by atoms with Crippen LogP contribution in [0.1, 0.15) is 32.6 Å². The normalized spacial score (nSPS) is 15.7. The van der Waals surface area contributed by atoms with Crippen molar-refractivity contribution < 1.29 is 43.2 Å². The number of sulfonamides is 2. The van der Waals surface area contributed by atoms with Crippen LogP contribution in [0.3, 0.4) is 0 Å². The molecule has 27 heavy (non-hydrogen) atoms. The maximum Gasteiger partial charge on any atom is 0.512 e. The average molecular weight is 449 g/mol. The van der Waals surface area contributed by atoms with Gasteiger partial charge in [-0.05, 0) is 6.42 Å². The number of halogens is 6. The summed E-state index contributed by atoms with van der Waals surface area (Å²) in [5.41, 5.74) is -12.3. The van der Waals surface area contributed by atoms with Crippen LogP contribution in [0.25, 0.3) is 0 Å². The Bertz CT molecular complexity index is 647.